The topological polar surface area (TPSA) is 102 Å². The van der Waals surface area contributed by atoms with Crippen molar-refractivity contribution in [2.75, 3.05) is 18.4 Å². The van der Waals surface area contributed by atoms with E-state index in [4.69, 9.17) is 0 Å². The van der Waals surface area contributed by atoms with E-state index in [1.807, 2.05) is 43.7 Å². The summed E-state index contributed by atoms with van der Waals surface area (Å²) >= 11 is 0. The number of benzene rings is 2. The summed E-state index contributed by atoms with van der Waals surface area (Å²) in [5.74, 6) is 1.24. The lowest BCUT2D eigenvalue weighted by Gasteiger charge is -2.10. The zero-order valence-electron chi connectivity index (χ0n) is 17.6. The number of aryl methyl sites for hydroxylation is 3. The van der Waals surface area contributed by atoms with Crippen LogP contribution in [-0.2, 0) is 10.0 Å². The van der Waals surface area contributed by atoms with Crippen LogP contribution in [0.4, 0.5) is 5.82 Å². The normalized spacial score (nSPS) is 11.7. The minimum absolute atomic E-state index is 0.215. The summed E-state index contributed by atoms with van der Waals surface area (Å²) in [6.45, 7) is 6.35. The van der Waals surface area contributed by atoms with E-state index in [0.29, 0.717) is 23.8 Å². The monoisotopic (exact) mass is 436 g/mol. The molecule has 0 saturated carbocycles. The highest BCUT2D eigenvalue weighted by Crippen LogP contribution is 2.26. The average molecular weight is 437 g/mol. The van der Waals surface area contributed by atoms with Gasteiger partial charge in [-0.2, -0.15) is 5.10 Å². The molecule has 31 heavy (non-hydrogen) atoms. The number of aromatic nitrogens is 4. The molecule has 160 valence electrons. The highest BCUT2D eigenvalue weighted by Gasteiger charge is 2.17. The highest BCUT2D eigenvalue weighted by molar-refractivity contribution is 7.89. The first-order chi connectivity index (χ1) is 14.8. The number of rotatable bonds is 7. The molecule has 4 rings (SSSR count). The van der Waals surface area contributed by atoms with Gasteiger partial charge in [0.1, 0.15) is 11.6 Å². The van der Waals surface area contributed by atoms with E-state index in [-0.39, 0.29) is 11.4 Å². The summed E-state index contributed by atoms with van der Waals surface area (Å²) in [4.78, 5) is 9.38. The molecule has 0 radical (unpaired) electrons. The SMILES string of the molecule is Cc1cccc(-n2nc(C)c3c(NCCNS(=O)(=O)c4ccccc4)nc(C)nc32)c1. The Kier molecular flexibility index (Phi) is 5.71. The average Bonchev–Trinajstić information content (AvgIpc) is 3.08. The molecule has 0 aliphatic carbocycles. The molecule has 0 bridgehead atoms. The van der Waals surface area contributed by atoms with E-state index in [1.165, 1.54) is 0 Å². The van der Waals surface area contributed by atoms with E-state index in [0.717, 1.165) is 22.3 Å². The predicted octanol–water partition coefficient (Wildman–Crippen LogP) is 3.13. The first-order valence-corrected chi connectivity index (χ1v) is 11.4. The molecule has 0 saturated heterocycles. The van der Waals surface area contributed by atoms with Gasteiger partial charge in [-0.25, -0.2) is 27.8 Å². The maximum absolute atomic E-state index is 12.4. The van der Waals surface area contributed by atoms with Crippen molar-refractivity contribution in [1.82, 2.24) is 24.5 Å². The van der Waals surface area contributed by atoms with Crippen LogP contribution in [0.2, 0.25) is 0 Å². The van der Waals surface area contributed by atoms with Crippen LogP contribution >= 0.6 is 0 Å². The molecule has 0 aliphatic rings. The Morgan fingerprint density at radius 3 is 2.45 bits per heavy atom. The third-order valence-corrected chi connectivity index (χ3v) is 6.30. The molecule has 2 aromatic heterocycles. The molecular formula is C22H24N6O2S. The molecule has 2 aromatic carbocycles. The number of nitrogens with one attached hydrogen (secondary N) is 2. The predicted molar refractivity (Wildman–Crippen MR) is 121 cm³/mol. The second-order valence-electron chi connectivity index (χ2n) is 7.29. The van der Waals surface area contributed by atoms with Gasteiger partial charge in [-0.3, -0.25) is 0 Å². The lowest BCUT2D eigenvalue weighted by molar-refractivity contribution is 0.583. The molecule has 0 aliphatic heterocycles. The van der Waals surface area contributed by atoms with Crippen LogP contribution in [0.5, 0.6) is 0 Å². The Morgan fingerprint density at radius 2 is 1.71 bits per heavy atom. The summed E-state index contributed by atoms with van der Waals surface area (Å²) in [6, 6.07) is 16.4. The van der Waals surface area contributed by atoms with Crippen LogP contribution in [0.15, 0.2) is 59.5 Å². The van der Waals surface area contributed by atoms with Crippen LogP contribution in [0, 0.1) is 20.8 Å². The van der Waals surface area contributed by atoms with Crippen molar-refractivity contribution in [3.8, 4) is 5.69 Å². The first kappa shape index (κ1) is 21.0. The van der Waals surface area contributed by atoms with Crippen molar-refractivity contribution in [3.05, 3.63) is 71.7 Å². The van der Waals surface area contributed by atoms with Gasteiger partial charge >= 0.3 is 0 Å². The van der Waals surface area contributed by atoms with E-state index < -0.39 is 10.0 Å². The number of fused-ring (bicyclic) bond motifs is 1. The zero-order chi connectivity index (χ0) is 22.0. The van der Waals surface area contributed by atoms with Crippen molar-refractivity contribution in [2.45, 2.75) is 25.7 Å². The van der Waals surface area contributed by atoms with Crippen molar-refractivity contribution in [1.29, 1.82) is 0 Å². The molecule has 4 aromatic rings. The van der Waals surface area contributed by atoms with Gasteiger partial charge in [0.25, 0.3) is 0 Å². The van der Waals surface area contributed by atoms with Gasteiger partial charge in [0.2, 0.25) is 10.0 Å². The fourth-order valence-corrected chi connectivity index (χ4v) is 4.46. The number of nitrogens with zero attached hydrogens (tertiary/aromatic N) is 4. The molecule has 0 atom stereocenters. The van der Waals surface area contributed by atoms with Gasteiger partial charge in [0, 0.05) is 13.1 Å². The molecule has 0 unspecified atom stereocenters. The van der Waals surface area contributed by atoms with E-state index in [2.05, 4.69) is 31.2 Å². The summed E-state index contributed by atoms with van der Waals surface area (Å²) in [5, 5.41) is 8.73. The second-order valence-corrected chi connectivity index (χ2v) is 9.06. The van der Waals surface area contributed by atoms with E-state index in [1.54, 1.807) is 30.3 Å². The smallest absolute Gasteiger partial charge is 0.240 e. The van der Waals surface area contributed by atoms with Gasteiger partial charge in [0.05, 0.1) is 21.7 Å². The third kappa shape index (κ3) is 4.42. The Labute approximate surface area is 181 Å². The Bertz CT molecular complexity index is 1330. The zero-order valence-corrected chi connectivity index (χ0v) is 18.4. The van der Waals surface area contributed by atoms with E-state index >= 15 is 0 Å². The minimum atomic E-state index is -3.55. The van der Waals surface area contributed by atoms with Crippen LogP contribution in [0.3, 0.4) is 0 Å². The van der Waals surface area contributed by atoms with Gasteiger partial charge in [-0.1, -0.05) is 30.3 Å². The van der Waals surface area contributed by atoms with Crippen molar-refractivity contribution in [2.24, 2.45) is 0 Å². The summed E-state index contributed by atoms with van der Waals surface area (Å²) in [5.41, 5.74) is 3.57. The standard InChI is InChI=1S/C22H24N6O2S/c1-15-8-7-9-18(14-15)28-22-20(16(2)27-28)21(25-17(3)26-22)23-12-13-24-31(29,30)19-10-5-4-6-11-19/h4-11,14,24H,12-13H2,1-3H3,(H,23,25,26). The maximum atomic E-state index is 12.4. The number of sulfonamides is 1. The van der Waals surface area contributed by atoms with Gasteiger partial charge in [-0.15, -0.1) is 0 Å². The lowest BCUT2D eigenvalue weighted by Crippen LogP contribution is -2.29. The molecule has 8 nitrogen and oxygen atoms in total. The van der Waals surface area contributed by atoms with Crippen LogP contribution in [-0.4, -0.2) is 41.3 Å². The van der Waals surface area contributed by atoms with Crippen molar-refractivity contribution >= 4 is 26.9 Å². The summed E-state index contributed by atoms with van der Waals surface area (Å²) in [7, 11) is -3.55. The Hall–Kier alpha value is -3.30. The minimum Gasteiger partial charge on any atom is -0.368 e. The van der Waals surface area contributed by atoms with E-state index in [9.17, 15) is 8.42 Å². The van der Waals surface area contributed by atoms with Gasteiger partial charge < -0.3 is 5.32 Å². The molecule has 2 heterocycles. The molecule has 0 spiro atoms. The molecule has 0 fully saturated rings. The second kappa shape index (κ2) is 8.44. The lowest BCUT2D eigenvalue weighted by atomic mass is 10.2. The first-order valence-electron chi connectivity index (χ1n) is 9.95. The summed E-state index contributed by atoms with van der Waals surface area (Å²) < 4.78 is 29.2. The maximum Gasteiger partial charge on any atom is 0.240 e. The Balaban J connectivity index is 1.56. The number of anilines is 1. The molecule has 0 amide bonds. The highest BCUT2D eigenvalue weighted by atomic mass is 32.2. The fraction of sp³-hybridized carbons (Fsp3) is 0.227. The van der Waals surface area contributed by atoms with Crippen LogP contribution < -0.4 is 10.0 Å². The number of hydrogen-bond acceptors (Lipinski definition) is 6. The van der Waals surface area contributed by atoms with Crippen molar-refractivity contribution < 1.29 is 8.42 Å². The van der Waals surface area contributed by atoms with Crippen LogP contribution in [0.25, 0.3) is 16.7 Å². The van der Waals surface area contributed by atoms with Crippen molar-refractivity contribution in [3.63, 3.8) is 0 Å². The summed E-state index contributed by atoms with van der Waals surface area (Å²) in [6.07, 6.45) is 0. The fourth-order valence-electron chi connectivity index (χ4n) is 3.41. The van der Waals surface area contributed by atoms with Gasteiger partial charge in [-0.05, 0) is 50.6 Å². The molecule has 9 heteroatoms. The molecular weight excluding hydrogens is 412 g/mol. The molecule has 2 N–H and O–H groups in total. The third-order valence-electron chi connectivity index (χ3n) is 4.82. The number of hydrogen-bond donors (Lipinski definition) is 2. The Morgan fingerprint density at radius 1 is 0.935 bits per heavy atom. The van der Waals surface area contributed by atoms with Gasteiger partial charge in [0.15, 0.2) is 5.65 Å². The quantitative estimate of drug-likeness (QED) is 0.432. The largest absolute Gasteiger partial charge is 0.368 e. The van der Waals surface area contributed by atoms with Crippen LogP contribution in [0.1, 0.15) is 17.1 Å².